The molecule has 0 aliphatic heterocycles. The first-order valence-corrected chi connectivity index (χ1v) is 5.49. The maximum atomic E-state index is 12.0. The Morgan fingerprint density at radius 2 is 2.11 bits per heavy atom. The molecule has 2 rings (SSSR count). The normalized spacial score (nSPS) is 10.1. The van der Waals surface area contributed by atoms with Crippen LogP contribution in [0.3, 0.4) is 0 Å². The van der Waals surface area contributed by atoms with Gasteiger partial charge in [0.1, 0.15) is 0 Å². The molecule has 5 heteroatoms. The SMILES string of the molecule is Cc1cccc(NC(=O)c2nccnc2CO)c1. The topological polar surface area (TPSA) is 75.1 Å². The van der Waals surface area contributed by atoms with Crippen molar-refractivity contribution < 1.29 is 9.90 Å². The molecule has 18 heavy (non-hydrogen) atoms. The molecule has 92 valence electrons. The summed E-state index contributed by atoms with van der Waals surface area (Å²) in [6.45, 7) is 1.63. The molecule has 5 nitrogen and oxygen atoms in total. The minimum atomic E-state index is -0.377. The molecule has 0 unspecified atom stereocenters. The van der Waals surface area contributed by atoms with Crippen LogP contribution in [0.25, 0.3) is 0 Å². The quantitative estimate of drug-likeness (QED) is 0.857. The standard InChI is InChI=1S/C13H13N3O2/c1-9-3-2-4-10(7-9)16-13(18)12-11(8-17)14-5-6-15-12/h2-7,17H,8H2,1H3,(H,16,18). The van der Waals surface area contributed by atoms with Crippen LogP contribution in [0.5, 0.6) is 0 Å². The van der Waals surface area contributed by atoms with Crippen molar-refractivity contribution in [1.82, 2.24) is 9.97 Å². The van der Waals surface area contributed by atoms with Crippen LogP contribution in [0.2, 0.25) is 0 Å². The first kappa shape index (κ1) is 12.2. The number of amides is 1. The van der Waals surface area contributed by atoms with Gasteiger partial charge in [0.05, 0.1) is 12.3 Å². The number of nitrogens with zero attached hydrogens (tertiary/aromatic N) is 2. The zero-order valence-electron chi connectivity index (χ0n) is 9.92. The molecule has 1 aromatic heterocycles. The second-order valence-electron chi connectivity index (χ2n) is 3.83. The van der Waals surface area contributed by atoms with Gasteiger partial charge in [0.15, 0.2) is 5.69 Å². The second-order valence-corrected chi connectivity index (χ2v) is 3.83. The maximum absolute atomic E-state index is 12.0. The van der Waals surface area contributed by atoms with Crippen LogP contribution in [0, 0.1) is 6.92 Å². The van der Waals surface area contributed by atoms with Gasteiger partial charge in [-0.1, -0.05) is 12.1 Å². The molecule has 1 aromatic carbocycles. The Balaban J connectivity index is 2.22. The Hall–Kier alpha value is -2.27. The third-order valence-corrected chi connectivity index (χ3v) is 2.41. The third-order valence-electron chi connectivity index (χ3n) is 2.41. The van der Waals surface area contributed by atoms with E-state index >= 15 is 0 Å². The van der Waals surface area contributed by atoms with Crippen LogP contribution in [-0.4, -0.2) is 21.0 Å². The van der Waals surface area contributed by atoms with E-state index in [4.69, 9.17) is 5.11 Å². The lowest BCUT2D eigenvalue weighted by molar-refractivity contribution is 0.101. The van der Waals surface area contributed by atoms with Gasteiger partial charge in [-0.05, 0) is 24.6 Å². The Bertz CT molecular complexity index is 570. The van der Waals surface area contributed by atoms with Crippen molar-refractivity contribution in [3.8, 4) is 0 Å². The number of anilines is 1. The summed E-state index contributed by atoms with van der Waals surface area (Å²) in [5.41, 5.74) is 2.15. The number of nitrogens with one attached hydrogen (secondary N) is 1. The molecule has 0 aliphatic carbocycles. The Kier molecular flexibility index (Phi) is 3.64. The third kappa shape index (κ3) is 2.70. The predicted molar refractivity (Wildman–Crippen MR) is 67.1 cm³/mol. The lowest BCUT2D eigenvalue weighted by atomic mass is 10.2. The second kappa shape index (κ2) is 5.37. The summed E-state index contributed by atoms with van der Waals surface area (Å²) in [4.78, 5) is 19.8. The fourth-order valence-electron chi connectivity index (χ4n) is 1.59. The molecule has 0 spiro atoms. The van der Waals surface area contributed by atoms with Gasteiger partial charge in [0, 0.05) is 18.1 Å². The van der Waals surface area contributed by atoms with Crippen molar-refractivity contribution in [2.45, 2.75) is 13.5 Å². The van der Waals surface area contributed by atoms with Crippen LogP contribution in [0.4, 0.5) is 5.69 Å². The summed E-state index contributed by atoms with van der Waals surface area (Å²) in [6, 6.07) is 7.44. The first-order chi connectivity index (χ1) is 8.70. The number of rotatable bonds is 3. The smallest absolute Gasteiger partial charge is 0.276 e. The predicted octanol–water partition coefficient (Wildman–Crippen LogP) is 1.53. The first-order valence-electron chi connectivity index (χ1n) is 5.49. The summed E-state index contributed by atoms with van der Waals surface area (Å²) in [5.74, 6) is -0.377. The van der Waals surface area contributed by atoms with Crippen LogP contribution >= 0.6 is 0 Å². The highest BCUT2D eigenvalue weighted by Gasteiger charge is 2.13. The van der Waals surface area contributed by atoms with Crippen molar-refractivity contribution in [1.29, 1.82) is 0 Å². The maximum Gasteiger partial charge on any atom is 0.276 e. The highest BCUT2D eigenvalue weighted by Crippen LogP contribution is 2.11. The van der Waals surface area contributed by atoms with E-state index in [1.807, 2.05) is 25.1 Å². The van der Waals surface area contributed by atoms with E-state index in [1.54, 1.807) is 6.07 Å². The summed E-state index contributed by atoms with van der Waals surface area (Å²) in [6.07, 6.45) is 2.86. The molecule has 0 saturated heterocycles. The number of benzene rings is 1. The number of hydrogen-bond donors (Lipinski definition) is 2. The highest BCUT2D eigenvalue weighted by atomic mass is 16.3. The Morgan fingerprint density at radius 1 is 1.33 bits per heavy atom. The van der Waals surface area contributed by atoms with E-state index in [0.717, 1.165) is 5.56 Å². The van der Waals surface area contributed by atoms with E-state index in [9.17, 15) is 4.79 Å². The molecule has 2 N–H and O–H groups in total. The zero-order valence-corrected chi connectivity index (χ0v) is 9.92. The largest absolute Gasteiger partial charge is 0.390 e. The Labute approximate surface area is 105 Å². The van der Waals surface area contributed by atoms with Crippen LogP contribution < -0.4 is 5.32 Å². The summed E-state index contributed by atoms with van der Waals surface area (Å²) >= 11 is 0. The van der Waals surface area contributed by atoms with Crippen molar-refractivity contribution in [2.24, 2.45) is 0 Å². The van der Waals surface area contributed by atoms with Gasteiger partial charge in [-0.15, -0.1) is 0 Å². The molecule has 2 aromatic rings. The molecule has 1 heterocycles. The fraction of sp³-hybridized carbons (Fsp3) is 0.154. The van der Waals surface area contributed by atoms with Crippen molar-refractivity contribution in [3.05, 3.63) is 53.6 Å². The number of hydrogen-bond acceptors (Lipinski definition) is 4. The molecule has 1 amide bonds. The van der Waals surface area contributed by atoms with Gasteiger partial charge < -0.3 is 10.4 Å². The molecule has 0 atom stereocenters. The van der Waals surface area contributed by atoms with Crippen LogP contribution in [0.1, 0.15) is 21.7 Å². The highest BCUT2D eigenvalue weighted by molar-refractivity contribution is 6.03. The van der Waals surface area contributed by atoms with E-state index in [-0.39, 0.29) is 23.9 Å². The number of aromatic nitrogens is 2. The number of carbonyl (C=O) groups is 1. The monoisotopic (exact) mass is 243 g/mol. The number of aliphatic hydroxyl groups excluding tert-OH is 1. The van der Waals surface area contributed by atoms with Gasteiger partial charge in [-0.25, -0.2) is 4.98 Å². The molecule has 0 saturated carbocycles. The van der Waals surface area contributed by atoms with E-state index in [0.29, 0.717) is 5.69 Å². The molecule has 0 radical (unpaired) electrons. The zero-order chi connectivity index (χ0) is 13.0. The van der Waals surface area contributed by atoms with Crippen molar-refractivity contribution in [3.63, 3.8) is 0 Å². The van der Waals surface area contributed by atoms with Crippen LogP contribution in [0.15, 0.2) is 36.7 Å². The molecule has 0 aliphatic rings. The summed E-state index contributed by atoms with van der Waals surface area (Å²) in [5, 5.41) is 11.8. The minimum Gasteiger partial charge on any atom is -0.390 e. The number of carbonyl (C=O) groups excluding carboxylic acids is 1. The molecular formula is C13H13N3O2. The van der Waals surface area contributed by atoms with Crippen molar-refractivity contribution in [2.75, 3.05) is 5.32 Å². The number of aliphatic hydroxyl groups is 1. The summed E-state index contributed by atoms with van der Waals surface area (Å²) < 4.78 is 0. The van der Waals surface area contributed by atoms with Crippen LogP contribution in [-0.2, 0) is 6.61 Å². The van der Waals surface area contributed by atoms with Gasteiger partial charge in [0.25, 0.3) is 5.91 Å². The lowest BCUT2D eigenvalue weighted by Gasteiger charge is -2.07. The van der Waals surface area contributed by atoms with E-state index < -0.39 is 0 Å². The minimum absolute atomic E-state index is 0.140. The molecule has 0 fully saturated rings. The average molecular weight is 243 g/mol. The van der Waals surface area contributed by atoms with Gasteiger partial charge >= 0.3 is 0 Å². The van der Waals surface area contributed by atoms with Gasteiger partial charge in [-0.3, -0.25) is 9.78 Å². The van der Waals surface area contributed by atoms with E-state index in [1.165, 1.54) is 12.4 Å². The average Bonchev–Trinajstić information content (AvgIpc) is 2.38. The van der Waals surface area contributed by atoms with Gasteiger partial charge in [-0.2, -0.15) is 0 Å². The summed E-state index contributed by atoms with van der Waals surface area (Å²) in [7, 11) is 0. The Morgan fingerprint density at radius 3 is 2.83 bits per heavy atom. The lowest BCUT2D eigenvalue weighted by Crippen LogP contribution is -2.17. The molecule has 0 bridgehead atoms. The fourth-order valence-corrected chi connectivity index (χ4v) is 1.59. The number of aryl methyl sites for hydroxylation is 1. The molecular weight excluding hydrogens is 230 g/mol. The van der Waals surface area contributed by atoms with Gasteiger partial charge in [0.2, 0.25) is 0 Å². The van der Waals surface area contributed by atoms with Crippen molar-refractivity contribution >= 4 is 11.6 Å². The van der Waals surface area contributed by atoms with E-state index in [2.05, 4.69) is 15.3 Å².